The van der Waals surface area contributed by atoms with E-state index in [0.717, 1.165) is 51.8 Å². The molecule has 136 valence electrons. The highest BCUT2D eigenvalue weighted by Crippen LogP contribution is 2.36. The summed E-state index contributed by atoms with van der Waals surface area (Å²) in [5.74, 6) is 1.73. The number of thiophene rings is 1. The van der Waals surface area contributed by atoms with Gasteiger partial charge in [0.15, 0.2) is 0 Å². The second-order valence-corrected chi connectivity index (χ2v) is 7.33. The summed E-state index contributed by atoms with van der Waals surface area (Å²) in [7, 11) is 0. The Balaban J connectivity index is 1.83. The van der Waals surface area contributed by atoms with Crippen LogP contribution in [0.4, 0.5) is 5.82 Å². The molecule has 0 atom stereocenters. The molecule has 0 unspecified atom stereocenters. The van der Waals surface area contributed by atoms with Crippen molar-refractivity contribution in [3.05, 3.63) is 16.3 Å². The fourth-order valence-corrected chi connectivity index (χ4v) is 4.33. The largest absolute Gasteiger partial charge is 0.382 e. The number of aryl methyl sites for hydroxylation is 2. The number of nitrogens with zero attached hydrogens (tertiary/aromatic N) is 3. The van der Waals surface area contributed by atoms with Crippen LogP contribution in [0.5, 0.6) is 0 Å². The molecule has 1 fully saturated rings. The zero-order chi connectivity index (χ0) is 17.8. The molecule has 0 saturated carbocycles. The summed E-state index contributed by atoms with van der Waals surface area (Å²) in [5, 5.41) is 4.03. The first-order valence-electron chi connectivity index (χ1n) is 9.00. The van der Waals surface area contributed by atoms with Gasteiger partial charge in [-0.15, -0.1) is 11.3 Å². The highest BCUT2D eigenvalue weighted by atomic mass is 32.1. The maximum absolute atomic E-state index is 12.6. The number of anilines is 1. The van der Waals surface area contributed by atoms with E-state index in [9.17, 15) is 4.79 Å². The van der Waals surface area contributed by atoms with Gasteiger partial charge >= 0.3 is 0 Å². The molecule has 1 saturated heterocycles. The van der Waals surface area contributed by atoms with Crippen LogP contribution in [0.15, 0.2) is 0 Å². The SMILES string of the molecule is CCOCCCNC(=O)c1sc2nc(C)nc(N3CCCC3)c2c1C. The minimum absolute atomic E-state index is 0.0259. The van der Waals surface area contributed by atoms with Gasteiger partial charge in [-0.25, -0.2) is 9.97 Å². The van der Waals surface area contributed by atoms with Crippen molar-refractivity contribution in [3.8, 4) is 0 Å². The first-order chi connectivity index (χ1) is 12.1. The van der Waals surface area contributed by atoms with Gasteiger partial charge in [-0.1, -0.05) is 0 Å². The van der Waals surface area contributed by atoms with Gasteiger partial charge in [-0.3, -0.25) is 4.79 Å². The zero-order valence-corrected chi connectivity index (χ0v) is 16.0. The third kappa shape index (κ3) is 3.93. The zero-order valence-electron chi connectivity index (χ0n) is 15.2. The molecule has 1 aliphatic rings. The molecule has 0 bridgehead atoms. The number of aromatic nitrogens is 2. The molecule has 1 aliphatic heterocycles. The number of rotatable bonds is 7. The van der Waals surface area contributed by atoms with E-state index in [1.807, 2.05) is 20.8 Å². The maximum Gasteiger partial charge on any atom is 0.261 e. The molecule has 2 aromatic rings. The smallest absolute Gasteiger partial charge is 0.261 e. The van der Waals surface area contributed by atoms with Gasteiger partial charge in [0.1, 0.15) is 16.5 Å². The third-order valence-corrected chi connectivity index (χ3v) is 5.63. The summed E-state index contributed by atoms with van der Waals surface area (Å²) in [6, 6.07) is 0. The molecule has 3 rings (SSSR count). The predicted molar refractivity (Wildman–Crippen MR) is 102 cm³/mol. The summed E-state index contributed by atoms with van der Waals surface area (Å²) in [6.45, 7) is 9.95. The minimum atomic E-state index is -0.0259. The van der Waals surface area contributed by atoms with Crippen LogP contribution >= 0.6 is 11.3 Å². The second kappa shape index (κ2) is 8.10. The fraction of sp³-hybridized carbons (Fsp3) is 0.611. The first-order valence-corrected chi connectivity index (χ1v) is 9.82. The van der Waals surface area contributed by atoms with E-state index in [4.69, 9.17) is 4.74 Å². The Bertz CT molecular complexity index is 753. The number of nitrogens with one attached hydrogen (secondary N) is 1. The lowest BCUT2D eigenvalue weighted by molar-refractivity contribution is 0.0948. The normalized spacial score (nSPS) is 14.4. The van der Waals surface area contributed by atoms with Crippen molar-refractivity contribution in [2.75, 3.05) is 37.7 Å². The van der Waals surface area contributed by atoms with Crippen molar-refractivity contribution in [3.63, 3.8) is 0 Å². The number of hydrogen-bond donors (Lipinski definition) is 1. The Morgan fingerprint density at radius 1 is 1.28 bits per heavy atom. The van der Waals surface area contributed by atoms with Crippen LogP contribution in [-0.4, -0.2) is 48.7 Å². The Morgan fingerprint density at radius 2 is 2.04 bits per heavy atom. The molecule has 2 aromatic heterocycles. The molecule has 0 aromatic carbocycles. The van der Waals surface area contributed by atoms with Gasteiger partial charge in [0, 0.05) is 32.8 Å². The molecule has 0 radical (unpaired) electrons. The van der Waals surface area contributed by atoms with Crippen LogP contribution < -0.4 is 10.2 Å². The number of hydrogen-bond acceptors (Lipinski definition) is 6. The molecule has 0 aliphatic carbocycles. The van der Waals surface area contributed by atoms with Crippen molar-refractivity contribution in [2.24, 2.45) is 0 Å². The van der Waals surface area contributed by atoms with E-state index in [1.54, 1.807) is 0 Å². The van der Waals surface area contributed by atoms with E-state index in [1.165, 1.54) is 24.2 Å². The monoisotopic (exact) mass is 362 g/mol. The molecule has 6 nitrogen and oxygen atoms in total. The summed E-state index contributed by atoms with van der Waals surface area (Å²) < 4.78 is 5.31. The van der Waals surface area contributed by atoms with Crippen molar-refractivity contribution < 1.29 is 9.53 Å². The van der Waals surface area contributed by atoms with Crippen LogP contribution in [0.25, 0.3) is 10.2 Å². The lowest BCUT2D eigenvalue weighted by atomic mass is 10.2. The van der Waals surface area contributed by atoms with Gasteiger partial charge in [0.2, 0.25) is 0 Å². The maximum atomic E-state index is 12.6. The van der Waals surface area contributed by atoms with Crippen molar-refractivity contribution in [1.29, 1.82) is 0 Å². The minimum Gasteiger partial charge on any atom is -0.382 e. The molecule has 0 spiro atoms. The highest BCUT2D eigenvalue weighted by molar-refractivity contribution is 7.20. The van der Waals surface area contributed by atoms with E-state index < -0.39 is 0 Å². The van der Waals surface area contributed by atoms with Gasteiger partial charge in [-0.2, -0.15) is 0 Å². The van der Waals surface area contributed by atoms with Crippen molar-refractivity contribution >= 4 is 33.3 Å². The van der Waals surface area contributed by atoms with Crippen molar-refractivity contribution in [1.82, 2.24) is 15.3 Å². The molecular weight excluding hydrogens is 336 g/mol. The number of amides is 1. The Kier molecular flexibility index (Phi) is 5.86. The van der Waals surface area contributed by atoms with Crippen LogP contribution in [-0.2, 0) is 4.74 Å². The van der Waals surface area contributed by atoms with Crippen LogP contribution in [0.2, 0.25) is 0 Å². The first kappa shape index (κ1) is 18.1. The molecule has 1 N–H and O–H groups in total. The lowest BCUT2D eigenvalue weighted by Gasteiger charge is -2.18. The predicted octanol–water partition coefficient (Wildman–Crippen LogP) is 3.06. The van der Waals surface area contributed by atoms with Crippen LogP contribution in [0.3, 0.4) is 0 Å². The highest BCUT2D eigenvalue weighted by Gasteiger charge is 2.23. The number of fused-ring (bicyclic) bond motifs is 1. The van der Waals surface area contributed by atoms with E-state index in [2.05, 4.69) is 20.2 Å². The quantitative estimate of drug-likeness (QED) is 0.767. The summed E-state index contributed by atoms with van der Waals surface area (Å²) in [5.41, 5.74) is 0.990. The summed E-state index contributed by atoms with van der Waals surface area (Å²) in [6.07, 6.45) is 3.21. The van der Waals surface area contributed by atoms with E-state index in [0.29, 0.717) is 19.8 Å². The Morgan fingerprint density at radius 3 is 2.76 bits per heavy atom. The van der Waals surface area contributed by atoms with E-state index in [-0.39, 0.29) is 5.91 Å². The molecular formula is C18H26N4O2S. The topological polar surface area (TPSA) is 67.3 Å². The Hall–Kier alpha value is -1.73. The Labute approximate surface area is 152 Å². The average Bonchev–Trinajstić information content (AvgIpc) is 3.22. The second-order valence-electron chi connectivity index (χ2n) is 6.33. The average molecular weight is 362 g/mol. The number of ether oxygens (including phenoxy) is 1. The van der Waals surface area contributed by atoms with Crippen LogP contribution in [0, 0.1) is 13.8 Å². The summed E-state index contributed by atoms with van der Waals surface area (Å²) >= 11 is 1.47. The van der Waals surface area contributed by atoms with Crippen molar-refractivity contribution in [2.45, 2.75) is 40.0 Å². The molecule has 25 heavy (non-hydrogen) atoms. The molecule has 3 heterocycles. The number of carbonyl (C=O) groups is 1. The third-order valence-electron chi connectivity index (χ3n) is 4.45. The van der Waals surface area contributed by atoms with E-state index >= 15 is 0 Å². The fourth-order valence-electron chi connectivity index (χ4n) is 3.20. The molecule has 7 heteroatoms. The molecule has 1 amide bonds. The lowest BCUT2D eigenvalue weighted by Crippen LogP contribution is -2.25. The standard InChI is InChI=1S/C18H26N4O2S/c1-4-24-11-7-8-19-17(23)15-12(2)14-16(22-9-5-6-10-22)20-13(3)21-18(14)25-15/h4-11H2,1-3H3,(H,19,23). The van der Waals surface area contributed by atoms with Gasteiger partial charge in [0.05, 0.1) is 10.3 Å². The van der Waals surface area contributed by atoms with Gasteiger partial charge in [-0.05, 0) is 45.6 Å². The van der Waals surface area contributed by atoms with Crippen LogP contribution in [0.1, 0.15) is 47.2 Å². The van der Waals surface area contributed by atoms with Gasteiger partial charge < -0.3 is 15.0 Å². The summed E-state index contributed by atoms with van der Waals surface area (Å²) in [4.78, 5) is 25.8. The number of carbonyl (C=O) groups excluding carboxylic acids is 1. The van der Waals surface area contributed by atoms with Gasteiger partial charge in [0.25, 0.3) is 5.91 Å².